The van der Waals surface area contributed by atoms with E-state index in [1.165, 1.54) is 12.8 Å². The molecule has 0 radical (unpaired) electrons. The lowest BCUT2D eigenvalue weighted by molar-refractivity contribution is 0.0788. The molecular formula is C15H28N4O. The molecule has 1 aromatic heterocycles. The molecule has 1 aliphatic rings. The Morgan fingerprint density at radius 1 is 1.35 bits per heavy atom. The molecule has 0 amide bonds. The van der Waals surface area contributed by atoms with E-state index in [1.807, 2.05) is 18.5 Å². The van der Waals surface area contributed by atoms with Gasteiger partial charge in [-0.25, -0.2) is 0 Å². The molecule has 1 aromatic rings. The van der Waals surface area contributed by atoms with Crippen LogP contribution in [0.15, 0.2) is 0 Å². The van der Waals surface area contributed by atoms with Crippen LogP contribution in [0.1, 0.15) is 38.1 Å². The smallest absolute Gasteiger partial charge is 0.0862 e. The first-order chi connectivity index (χ1) is 9.40. The molecule has 1 fully saturated rings. The molecule has 0 aromatic carbocycles. The topological polar surface area (TPSA) is 67.3 Å². The third kappa shape index (κ3) is 3.15. The summed E-state index contributed by atoms with van der Waals surface area (Å²) in [6, 6.07) is 0.607. The first-order valence-corrected chi connectivity index (χ1v) is 7.61. The van der Waals surface area contributed by atoms with Gasteiger partial charge in [-0.1, -0.05) is 13.8 Å². The van der Waals surface area contributed by atoms with Crippen molar-refractivity contribution in [3.05, 3.63) is 11.4 Å². The molecule has 1 saturated heterocycles. The van der Waals surface area contributed by atoms with Gasteiger partial charge in [0.1, 0.15) is 0 Å². The summed E-state index contributed by atoms with van der Waals surface area (Å²) in [4.78, 5) is 2.42. The van der Waals surface area contributed by atoms with Crippen LogP contribution in [0.5, 0.6) is 0 Å². The summed E-state index contributed by atoms with van der Waals surface area (Å²) in [5.41, 5.74) is 8.45. The van der Waals surface area contributed by atoms with Gasteiger partial charge >= 0.3 is 0 Å². The van der Waals surface area contributed by atoms with Crippen LogP contribution in [0.2, 0.25) is 0 Å². The van der Waals surface area contributed by atoms with E-state index in [9.17, 15) is 5.11 Å². The van der Waals surface area contributed by atoms with Crippen LogP contribution in [0.4, 0.5) is 5.69 Å². The highest BCUT2D eigenvalue weighted by Crippen LogP contribution is 2.24. The number of aliphatic hydroxyl groups is 1. The van der Waals surface area contributed by atoms with E-state index in [1.54, 1.807) is 0 Å². The van der Waals surface area contributed by atoms with Crippen molar-refractivity contribution in [1.82, 2.24) is 14.7 Å². The van der Waals surface area contributed by atoms with Crippen molar-refractivity contribution in [3.8, 4) is 0 Å². The molecule has 20 heavy (non-hydrogen) atoms. The number of likely N-dealkylation sites (tertiary alicyclic amines) is 1. The summed E-state index contributed by atoms with van der Waals surface area (Å²) in [5, 5.41) is 14.7. The molecule has 2 heterocycles. The van der Waals surface area contributed by atoms with Crippen LogP contribution >= 0.6 is 0 Å². The predicted molar refractivity (Wildman–Crippen MR) is 81.6 cm³/mol. The predicted octanol–water partition coefficient (Wildman–Crippen LogP) is 1.56. The average Bonchev–Trinajstić information content (AvgIpc) is 2.91. The quantitative estimate of drug-likeness (QED) is 0.859. The largest absolute Gasteiger partial charge is 0.396 e. The lowest BCUT2D eigenvalue weighted by Crippen LogP contribution is -2.40. The fraction of sp³-hybridized carbons (Fsp3) is 0.800. The number of β-amino-alcohol motifs (C(OH)–C–C–N with tert-alkyl or cyclic N) is 1. The molecule has 5 heteroatoms. The van der Waals surface area contributed by atoms with Gasteiger partial charge in [0, 0.05) is 12.6 Å². The molecular weight excluding hydrogens is 252 g/mol. The molecule has 3 N–H and O–H groups in total. The monoisotopic (exact) mass is 280 g/mol. The molecule has 0 spiro atoms. The zero-order chi connectivity index (χ0) is 14.9. The summed E-state index contributed by atoms with van der Waals surface area (Å²) in [7, 11) is 0. The maximum Gasteiger partial charge on any atom is 0.0862 e. The van der Waals surface area contributed by atoms with E-state index in [0.29, 0.717) is 18.5 Å². The standard InChI is InChI=1S/C15H28N4O/c1-10(2)14-6-5-7-18(14)8-13(20)9-19-12(4)15(16)11(3)17-19/h10,13-14,20H,5-9,16H2,1-4H3. The second kappa shape index (κ2) is 6.14. The van der Waals surface area contributed by atoms with E-state index in [2.05, 4.69) is 23.8 Å². The van der Waals surface area contributed by atoms with E-state index < -0.39 is 6.10 Å². The Bertz CT molecular complexity index is 455. The van der Waals surface area contributed by atoms with Crippen LogP contribution in [-0.2, 0) is 6.54 Å². The molecule has 114 valence electrons. The summed E-state index contributed by atoms with van der Waals surface area (Å²) in [5.74, 6) is 0.647. The lowest BCUT2D eigenvalue weighted by atomic mass is 10.0. The van der Waals surface area contributed by atoms with Gasteiger partial charge in [0.2, 0.25) is 0 Å². The van der Waals surface area contributed by atoms with Gasteiger partial charge in [-0.2, -0.15) is 5.10 Å². The molecule has 1 aliphatic heterocycles. The molecule has 0 saturated carbocycles. The van der Waals surface area contributed by atoms with Gasteiger partial charge < -0.3 is 10.8 Å². The second-order valence-electron chi connectivity index (χ2n) is 6.37. The number of nitrogen functional groups attached to an aromatic ring is 1. The first kappa shape index (κ1) is 15.3. The minimum absolute atomic E-state index is 0.397. The number of anilines is 1. The number of nitrogens with two attached hydrogens (primary N) is 1. The Hall–Kier alpha value is -1.07. The van der Waals surface area contributed by atoms with Crippen molar-refractivity contribution >= 4 is 5.69 Å². The zero-order valence-electron chi connectivity index (χ0n) is 13.1. The fourth-order valence-electron chi connectivity index (χ4n) is 3.25. The van der Waals surface area contributed by atoms with Crippen molar-refractivity contribution < 1.29 is 5.11 Å². The Morgan fingerprint density at radius 2 is 2.05 bits per heavy atom. The highest BCUT2D eigenvalue weighted by Gasteiger charge is 2.28. The average molecular weight is 280 g/mol. The maximum absolute atomic E-state index is 10.3. The Balaban J connectivity index is 1.95. The molecule has 0 bridgehead atoms. The van der Waals surface area contributed by atoms with Crippen molar-refractivity contribution in [2.24, 2.45) is 5.92 Å². The van der Waals surface area contributed by atoms with Gasteiger partial charge in [0.25, 0.3) is 0 Å². The van der Waals surface area contributed by atoms with E-state index in [-0.39, 0.29) is 0 Å². The number of rotatable bonds is 5. The third-order valence-corrected chi connectivity index (χ3v) is 4.45. The number of hydrogen-bond donors (Lipinski definition) is 2. The number of aromatic nitrogens is 2. The zero-order valence-corrected chi connectivity index (χ0v) is 13.1. The van der Waals surface area contributed by atoms with Crippen LogP contribution in [0.25, 0.3) is 0 Å². The van der Waals surface area contributed by atoms with Gasteiger partial charge in [-0.3, -0.25) is 9.58 Å². The van der Waals surface area contributed by atoms with E-state index in [0.717, 1.165) is 30.2 Å². The molecule has 0 aliphatic carbocycles. The number of nitrogens with zero attached hydrogens (tertiary/aromatic N) is 3. The van der Waals surface area contributed by atoms with Crippen LogP contribution in [0, 0.1) is 19.8 Å². The number of hydrogen-bond acceptors (Lipinski definition) is 4. The summed E-state index contributed by atoms with van der Waals surface area (Å²) in [6.45, 7) is 10.7. The molecule has 2 rings (SSSR count). The van der Waals surface area contributed by atoms with Gasteiger partial charge in [-0.05, 0) is 39.2 Å². The van der Waals surface area contributed by atoms with Gasteiger partial charge in [0.15, 0.2) is 0 Å². The highest BCUT2D eigenvalue weighted by molar-refractivity contribution is 5.46. The van der Waals surface area contributed by atoms with Crippen molar-refractivity contribution in [1.29, 1.82) is 0 Å². The Kier molecular flexibility index (Phi) is 4.70. The van der Waals surface area contributed by atoms with Crippen molar-refractivity contribution in [2.75, 3.05) is 18.8 Å². The summed E-state index contributed by atoms with van der Waals surface area (Å²) in [6.07, 6.45) is 2.09. The molecule has 5 nitrogen and oxygen atoms in total. The highest BCUT2D eigenvalue weighted by atomic mass is 16.3. The third-order valence-electron chi connectivity index (χ3n) is 4.45. The maximum atomic E-state index is 10.3. The van der Waals surface area contributed by atoms with Crippen LogP contribution in [0.3, 0.4) is 0 Å². The van der Waals surface area contributed by atoms with Gasteiger partial charge in [-0.15, -0.1) is 0 Å². The Morgan fingerprint density at radius 3 is 2.60 bits per heavy atom. The van der Waals surface area contributed by atoms with Gasteiger partial charge in [0.05, 0.1) is 29.7 Å². The molecule has 2 unspecified atom stereocenters. The van der Waals surface area contributed by atoms with E-state index in [4.69, 9.17) is 5.73 Å². The van der Waals surface area contributed by atoms with Crippen LogP contribution < -0.4 is 5.73 Å². The lowest BCUT2D eigenvalue weighted by Gasteiger charge is -2.29. The summed E-state index contributed by atoms with van der Waals surface area (Å²) < 4.78 is 1.83. The van der Waals surface area contributed by atoms with Crippen LogP contribution in [-0.4, -0.2) is 45.0 Å². The summed E-state index contributed by atoms with van der Waals surface area (Å²) >= 11 is 0. The minimum Gasteiger partial charge on any atom is -0.396 e. The minimum atomic E-state index is -0.397. The molecule has 2 atom stereocenters. The normalized spacial score (nSPS) is 21.8. The Labute approximate surface area is 121 Å². The van der Waals surface area contributed by atoms with E-state index >= 15 is 0 Å². The first-order valence-electron chi connectivity index (χ1n) is 7.61. The SMILES string of the molecule is Cc1nn(CC(O)CN2CCCC2C(C)C)c(C)c1N. The number of aryl methyl sites for hydroxylation is 1. The van der Waals surface area contributed by atoms with Crippen molar-refractivity contribution in [2.45, 2.75) is 59.2 Å². The van der Waals surface area contributed by atoms with Crippen molar-refractivity contribution in [3.63, 3.8) is 0 Å². The second-order valence-corrected chi connectivity index (χ2v) is 6.37. The fourth-order valence-corrected chi connectivity index (χ4v) is 3.25. The number of aliphatic hydroxyl groups excluding tert-OH is 1.